The van der Waals surface area contributed by atoms with Gasteiger partial charge in [-0.05, 0) is 36.8 Å². The number of anilines is 2. The Bertz CT molecular complexity index is 1060. The van der Waals surface area contributed by atoms with E-state index in [1.165, 1.54) is 4.88 Å². The molecule has 0 saturated carbocycles. The highest BCUT2D eigenvalue weighted by Crippen LogP contribution is 2.37. The van der Waals surface area contributed by atoms with E-state index in [2.05, 4.69) is 29.0 Å². The van der Waals surface area contributed by atoms with Crippen molar-refractivity contribution in [1.29, 1.82) is 0 Å². The molecule has 0 saturated heterocycles. The zero-order chi connectivity index (χ0) is 18.1. The molecule has 5 nitrogen and oxygen atoms in total. The number of nitrogens with two attached hydrogens (primary N) is 2. The molecule has 0 bridgehead atoms. The number of hydrogen-bond acceptors (Lipinski definition) is 6. The zero-order valence-corrected chi connectivity index (χ0v) is 15.2. The molecular weight excluding hydrogens is 342 g/mol. The number of fused-ring (bicyclic) bond motifs is 1. The summed E-state index contributed by atoms with van der Waals surface area (Å²) in [6, 6.07) is 15.6. The lowest BCUT2D eigenvalue weighted by atomic mass is 9.99. The van der Waals surface area contributed by atoms with E-state index < -0.39 is 0 Å². The standard InChI is InChI=1S/C20H19N5S/c1-2-14(16-8-3-4-9-23-16)17-11-15-18(22)24-19(25-20(15)26-17)12-6-5-7-13(21)10-12/h3-11,14H,2,21H2,1H3,(H2,22,24,25). The normalized spacial score (nSPS) is 12.3. The fraction of sp³-hybridized carbons (Fsp3) is 0.150. The summed E-state index contributed by atoms with van der Waals surface area (Å²) in [6.45, 7) is 2.16. The van der Waals surface area contributed by atoms with E-state index in [0.29, 0.717) is 17.3 Å². The number of thiophene rings is 1. The van der Waals surface area contributed by atoms with Gasteiger partial charge in [0.2, 0.25) is 0 Å². The first-order valence-corrected chi connectivity index (χ1v) is 9.31. The summed E-state index contributed by atoms with van der Waals surface area (Å²) < 4.78 is 0. The molecule has 4 rings (SSSR count). The molecule has 1 unspecified atom stereocenters. The highest BCUT2D eigenvalue weighted by atomic mass is 32.1. The van der Waals surface area contributed by atoms with E-state index in [0.717, 1.165) is 27.9 Å². The average Bonchev–Trinajstić information content (AvgIpc) is 3.07. The quantitative estimate of drug-likeness (QED) is 0.524. The van der Waals surface area contributed by atoms with Crippen LogP contribution < -0.4 is 11.5 Å². The molecule has 1 atom stereocenters. The van der Waals surface area contributed by atoms with Crippen LogP contribution in [-0.4, -0.2) is 15.0 Å². The van der Waals surface area contributed by atoms with E-state index in [-0.39, 0.29) is 5.92 Å². The van der Waals surface area contributed by atoms with Gasteiger partial charge in [0.1, 0.15) is 10.6 Å². The molecule has 0 aliphatic carbocycles. The second kappa shape index (κ2) is 6.72. The van der Waals surface area contributed by atoms with E-state index in [9.17, 15) is 0 Å². The van der Waals surface area contributed by atoms with Crippen molar-refractivity contribution in [2.45, 2.75) is 19.3 Å². The molecule has 1 aromatic carbocycles. The number of nitrogen functional groups attached to an aromatic ring is 2. The number of pyridine rings is 1. The molecule has 3 heterocycles. The number of aromatic nitrogens is 3. The monoisotopic (exact) mass is 361 g/mol. The highest BCUT2D eigenvalue weighted by Gasteiger charge is 2.19. The molecule has 0 fully saturated rings. The van der Waals surface area contributed by atoms with Gasteiger partial charge in [0.25, 0.3) is 0 Å². The number of hydrogen-bond donors (Lipinski definition) is 2. The lowest BCUT2D eigenvalue weighted by Crippen LogP contribution is -1.99. The van der Waals surface area contributed by atoms with Gasteiger partial charge < -0.3 is 11.5 Å². The molecule has 3 aromatic heterocycles. The van der Waals surface area contributed by atoms with E-state index >= 15 is 0 Å². The third kappa shape index (κ3) is 2.99. The smallest absolute Gasteiger partial charge is 0.163 e. The largest absolute Gasteiger partial charge is 0.399 e. The Morgan fingerprint density at radius 1 is 1.04 bits per heavy atom. The highest BCUT2D eigenvalue weighted by molar-refractivity contribution is 7.18. The molecule has 130 valence electrons. The van der Waals surface area contributed by atoms with Crippen molar-refractivity contribution in [3.63, 3.8) is 0 Å². The van der Waals surface area contributed by atoms with Crippen LogP contribution in [0.25, 0.3) is 21.6 Å². The van der Waals surface area contributed by atoms with Crippen molar-refractivity contribution in [3.8, 4) is 11.4 Å². The fourth-order valence-corrected chi connectivity index (χ4v) is 4.31. The van der Waals surface area contributed by atoms with Gasteiger partial charge in [0.05, 0.1) is 5.39 Å². The second-order valence-electron chi connectivity index (χ2n) is 6.14. The molecule has 0 aliphatic heterocycles. The Labute approximate surface area is 155 Å². The van der Waals surface area contributed by atoms with Crippen LogP contribution in [0.3, 0.4) is 0 Å². The van der Waals surface area contributed by atoms with Crippen LogP contribution in [0.5, 0.6) is 0 Å². The van der Waals surface area contributed by atoms with E-state index in [1.807, 2.05) is 42.6 Å². The maximum atomic E-state index is 6.23. The molecule has 0 amide bonds. The third-order valence-electron chi connectivity index (χ3n) is 4.38. The van der Waals surface area contributed by atoms with E-state index in [1.54, 1.807) is 11.3 Å². The number of benzene rings is 1. The van der Waals surface area contributed by atoms with Gasteiger partial charge in [-0.25, -0.2) is 9.97 Å². The first-order chi connectivity index (χ1) is 12.7. The predicted octanol–water partition coefficient (Wildman–Crippen LogP) is 4.46. The maximum absolute atomic E-state index is 6.23. The Balaban J connectivity index is 1.81. The van der Waals surface area contributed by atoms with Gasteiger partial charge >= 0.3 is 0 Å². The Morgan fingerprint density at radius 3 is 2.65 bits per heavy atom. The molecular formula is C20H19N5S. The van der Waals surface area contributed by atoms with Crippen molar-refractivity contribution >= 4 is 33.1 Å². The van der Waals surface area contributed by atoms with Crippen LogP contribution in [0.15, 0.2) is 54.7 Å². The van der Waals surface area contributed by atoms with Crippen LogP contribution in [0.2, 0.25) is 0 Å². The molecule has 26 heavy (non-hydrogen) atoms. The SMILES string of the molecule is CCC(c1ccccn1)c1cc2c(N)nc(-c3cccc(N)c3)nc2s1. The van der Waals surface area contributed by atoms with Crippen molar-refractivity contribution in [1.82, 2.24) is 15.0 Å². The van der Waals surface area contributed by atoms with Gasteiger partial charge in [-0.15, -0.1) is 11.3 Å². The van der Waals surface area contributed by atoms with Gasteiger partial charge in [0.15, 0.2) is 5.82 Å². The fourth-order valence-electron chi connectivity index (χ4n) is 3.08. The minimum atomic E-state index is 0.227. The van der Waals surface area contributed by atoms with Crippen LogP contribution >= 0.6 is 11.3 Å². The van der Waals surface area contributed by atoms with Crippen LogP contribution in [0.4, 0.5) is 11.5 Å². The van der Waals surface area contributed by atoms with Crippen LogP contribution in [0.1, 0.15) is 29.8 Å². The van der Waals surface area contributed by atoms with Gasteiger partial charge in [0, 0.05) is 33.9 Å². The maximum Gasteiger partial charge on any atom is 0.163 e. The van der Waals surface area contributed by atoms with Crippen molar-refractivity contribution in [3.05, 3.63) is 65.3 Å². The van der Waals surface area contributed by atoms with Gasteiger partial charge in [-0.2, -0.15) is 0 Å². The molecule has 4 N–H and O–H groups in total. The van der Waals surface area contributed by atoms with Crippen molar-refractivity contribution < 1.29 is 0 Å². The molecule has 0 spiro atoms. The van der Waals surface area contributed by atoms with Gasteiger partial charge in [-0.3, -0.25) is 4.98 Å². The lowest BCUT2D eigenvalue weighted by molar-refractivity contribution is 0.763. The topological polar surface area (TPSA) is 90.7 Å². The molecule has 4 aromatic rings. The Morgan fingerprint density at radius 2 is 1.92 bits per heavy atom. The summed E-state index contributed by atoms with van der Waals surface area (Å²) in [6.07, 6.45) is 2.79. The summed E-state index contributed by atoms with van der Waals surface area (Å²) in [4.78, 5) is 15.8. The summed E-state index contributed by atoms with van der Waals surface area (Å²) in [5.74, 6) is 1.32. The molecule has 6 heteroatoms. The van der Waals surface area contributed by atoms with Crippen molar-refractivity contribution in [2.75, 3.05) is 11.5 Å². The number of rotatable bonds is 4. The summed E-state index contributed by atoms with van der Waals surface area (Å²) in [7, 11) is 0. The average molecular weight is 361 g/mol. The molecule has 0 radical (unpaired) electrons. The Kier molecular flexibility index (Phi) is 4.26. The zero-order valence-electron chi connectivity index (χ0n) is 14.4. The summed E-state index contributed by atoms with van der Waals surface area (Å²) in [5, 5.41) is 0.895. The predicted molar refractivity (Wildman–Crippen MR) is 108 cm³/mol. The van der Waals surface area contributed by atoms with Crippen molar-refractivity contribution in [2.24, 2.45) is 0 Å². The minimum Gasteiger partial charge on any atom is -0.399 e. The third-order valence-corrected chi connectivity index (χ3v) is 5.53. The lowest BCUT2D eigenvalue weighted by Gasteiger charge is -2.11. The minimum absolute atomic E-state index is 0.227. The van der Waals surface area contributed by atoms with Crippen LogP contribution in [0, 0.1) is 0 Å². The van der Waals surface area contributed by atoms with Crippen LogP contribution in [-0.2, 0) is 0 Å². The first kappa shape index (κ1) is 16.5. The Hall–Kier alpha value is -2.99. The number of nitrogens with zero attached hydrogens (tertiary/aromatic N) is 3. The first-order valence-electron chi connectivity index (χ1n) is 8.49. The second-order valence-corrected chi connectivity index (χ2v) is 7.20. The summed E-state index contributed by atoms with van der Waals surface area (Å²) in [5.41, 5.74) is 14.7. The molecule has 0 aliphatic rings. The van der Waals surface area contributed by atoms with E-state index in [4.69, 9.17) is 16.5 Å². The van der Waals surface area contributed by atoms with Gasteiger partial charge in [-0.1, -0.05) is 25.1 Å². The summed E-state index contributed by atoms with van der Waals surface area (Å²) >= 11 is 1.65.